The van der Waals surface area contributed by atoms with Gasteiger partial charge in [-0.3, -0.25) is 4.79 Å². The maximum atomic E-state index is 12.6. The number of ether oxygens (including phenoxy) is 1. The van der Waals surface area contributed by atoms with Gasteiger partial charge in [0, 0.05) is 18.2 Å². The van der Waals surface area contributed by atoms with Gasteiger partial charge in [-0.25, -0.2) is 0 Å². The molecule has 1 atom stereocenters. The van der Waals surface area contributed by atoms with Gasteiger partial charge >= 0.3 is 0 Å². The Morgan fingerprint density at radius 1 is 0.935 bits per heavy atom. The van der Waals surface area contributed by atoms with E-state index in [1.54, 1.807) is 18.2 Å². The van der Waals surface area contributed by atoms with Crippen molar-refractivity contribution in [1.29, 1.82) is 0 Å². The zero-order valence-electron chi connectivity index (χ0n) is 17.2. The molecule has 158 valence electrons. The summed E-state index contributed by atoms with van der Waals surface area (Å²) in [5.74, 6) is 0.924. The van der Waals surface area contributed by atoms with Gasteiger partial charge in [-0.05, 0) is 30.7 Å². The monoisotopic (exact) mass is 415 g/mol. The fourth-order valence-electron chi connectivity index (χ4n) is 3.40. The number of rotatable bonds is 9. The lowest BCUT2D eigenvalue weighted by molar-refractivity contribution is 0.107. The first-order valence-electron chi connectivity index (χ1n) is 10.4. The molecular formula is C26H25NO4. The molecule has 0 aliphatic carbocycles. The molecular weight excluding hydrogens is 390 g/mol. The van der Waals surface area contributed by atoms with Gasteiger partial charge in [-0.1, -0.05) is 66.7 Å². The first-order valence-corrected chi connectivity index (χ1v) is 10.4. The number of benzene rings is 3. The molecule has 5 heteroatoms. The number of aliphatic hydroxyl groups is 1. The fourth-order valence-corrected chi connectivity index (χ4v) is 3.40. The van der Waals surface area contributed by atoms with Crippen LogP contribution in [0.2, 0.25) is 0 Å². The molecule has 3 aromatic carbocycles. The summed E-state index contributed by atoms with van der Waals surface area (Å²) in [5, 5.41) is 14.0. The Bertz CT molecular complexity index is 1170. The molecule has 0 aliphatic rings. The fraction of sp³-hybridized carbons (Fsp3) is 0.192. The second kappa shape index (κ2) is 10.1. The summed E-state index contributed by atoms with van der Waals surface area (Å²) in [6.45, 7) is 1.28. The number of para-hydroxylation sites is 1. The summed E-state index contributed by atoms with van der Waals surface area (Å²) in [6.07, 6.45) is 0.209. The van der Waals surface area contributed by atoms with Crippen molar-refractivity contribution in [3.63, 3.8) is 0 Å². The summed E-state index contributed by atoms with van der Waals surface area (Å²) >= 11 is 0. The molecule has 4 rings (SSSR count). The molecule has 0 aliphatic heterocycles. The zero-order valence-corrected chi connectivity index (χ0v) is 17.2. The quantitative estimate of drug-likeness (QED) is 0.404. The van der Waals surface area contributed by atoms with Crippen LogP contribution in [0, 0.1) is 0 Å². The Balaban J connectivity index is 1.40. The topological polar surface area (TPSA) is 71.7 Å². The maximum absolute atomic E-state index is 12.6. The van der Waals surface area contributed by atoms with Crippen molar-refractivity contribution in [2.24, 2.45) is 0 Å². The normalized spacial score (nSPS) is 12.0. The molecule has 0 fully saturated rings. The summed E-state index contributed by atoms with van der Waals surface area (Å²) in [6, 6.07) is 26.4. The van der Waals surface area contributed by atoms with E-state index in [9.17, 15) is 9.90 Å². The van der Waals surface area contributed by atoms with E-state index >= 15 is 0 Å². The van der Waals surface area contributed by atoms with Crippen LogP contribution in [0.25, 0.3) is 22.3 Å². The summed E-state index contributed by atoms with van der Waals surface area (Å²) in [7, 11) is 0. The van der Waals surface area contributed by atoms with E-state index in [-0.39, 0.29) is 12.0 Å². The number of nitrogens with one attached hydrogen (secondary N) is 1. The van der Waals surface area contributed by atoms with Crippen LogP contribution >= 0.6 is 0 Å². The van der Waals surface area contributed by atoms with Crippen LogP contribution in [0.15, 0.2) is 94.1 Å². The van der Waals surface area contributed by atoms with Crippen LogP contribution in [0.5, 0.6) is 5.75 Å². The van der Waals surface area contributed by atoms with Crippen LogP contribution in [0.4, 0.5) is 0 Å². The second-order valence-corrected chi connectivity index (χ2v) is 7.38. The third kappa shape index (κ3) is 5.40. The summed E-state index contributed by atoms with van der Waals surface area (Å²) in [5.41, 5.74) is 2.33. The summed E-state index contributed by atoms with van der Waals surface area (Å²) in [4.78, 5) is 12.6. The molecule has 0 radical (unpaired) electrons. The molecule has 0 amide bonds. The lowest BCUT2D eigenvalue weighted by Gasteiger charge is -2.14. The first kappa shape index (κ1) is 20.8. The molecule has 0 spiro atoms. The van der Waals surface area contributed by atoms with Crippen LogP contribution in [-0.2, 0) is 6.42 Å². The van der Waals surface area contributed by atoms with E-state index in [1.807, 2.05) is 48.5 Å². The van der Waals surface area contributed by atoms with Crippen LogP contribution in [-0.4, -0.2) is 30.9 Å². The van der Waals surface area contributed by atoms with Crippen LogP contribution in [0.1, 0.15) is 5.56 Å². The van der Waals surface area contributed by atoms with Gasteiger partial charge in [0.1, 0.15) is 18.5 Å². The van der Waals surface area contributed by atoms with Crippen molar-refractivity contribution in [3.8, 4) is 17.1 Å². The molecule has 0 saturated carbocycles. The van der Waals surface area contributed by atoms with Gasteiger partial charge in [-0.2, -0.15) is 0 Å². The molecule has 2 N–H and O–H groups in total. The first-order chi connectivity index (χ1) is 15.2. The molecule has 5 nitrogen and oxygen atoms in total. The minimum Gasteiger partial charge on any atom is -0.487 e. The van der Waals surface area contributed by atoms with Gasteiger partial charge in [0.25, 0.3) is 0 Å². The number of hydrogen-bond donors (Lipinski definition) is 2. The highest BCUT2D eigenvalue weighted by Gasteiger charge is 2.13. The molecule has 1 heterocycles. The molecule has 1 aromatic heterocycles. The SMILES string of the molecule is O=c1cc(-c2ccccc2)oc2c(OCC(O)CNCCc3ccccc3)cccc12. The minimum atomic E-state index is -0.685. The Morgan fingerprint density at radius 2 is 1.68 bits per heavy atom. The Morgan fingerprint density at radius 3 is 2.45 bits per heavy atom. The average Bonchev–Trinajstić information content (AvgIpc) is 2.82. The lowest BCUT2D eigenvalue weighted by atomic mass is 10.1. The van der Waals surface area contributed by atoms with Crippen molar-refractivity contribution < 1.29 is 14.3 Å². The Kier molecular flexibility index (Phi) is 6.77. The van der Waals surface area contributed by atoms with Crippen LogP contribution < -0.4 is 15.5 Å². The average molecular weight is 415 g/mol. The molecule has 31 heavy (non-hydrogen) atoms. The van der Waals surface area contributed by atoms with Crippen molar-refractivity contribution in [2.75, 3.05) is 19.7 Å². The van der Waals surface area contributed by atoms with Crippen molar-refractivity contribution >= 4 is 11.0 Å². The number of hydrogen-bond acceptors (Lipinski definition) is 5. The predicted octanol–water partition coefficient (Wildman–Crippen LogP) is 4.03. The van der Waals surface area contributed by atoms with E-state index in [2.05, 4.69) is 17.4 Å². The third-order valence-electron chi connectivity index (χ3n) is 5.02. The minimum absolute atomic E-state index is 0.0940. The van der Waals surface area contributed by atoms with Gasteiger partial charge in [0.05, 0.1) is 5.39 Å². The van der Waals surface area contributed by atoms with E-state index in [4.69, 9.17) is 9.15 Å². The van der Waals surface area contributed by atoms with Crippen molar-refractivity contribution in [2.45, 2.75) is 12.5 Å². The highest BCUT2D eigenvalue weighted by atomic mass is 16.5. The predicted molar refractivity (Wildman–Crippen MR) is 122 cm³/mol. The standard InChI is InChI=1S/C26H25NO4/c28-21(17-27-15-14-19-8-3-1-4-9-19)18-30-24-13-7-12-22-23(29)16-25(31-26(22)24)20-10-5-2-6-11-20/h1-13,16,21,27-28H,14-15,17-18H2. The highest BCUT2D eigenvalue weighted by Crippen LogP contribution is 2.28. The maximum Gasteiger partial charge on any atom is 0.193 e. The Labute approximate surface area is 180 Å². The van der Waals surface area contributed by atoms with Crippen LogP contribution in [0.3, 0.4) is 0 Å². The van der Waals surface area contributed by atoms with E-state index in [0.717, 1.165) is 18.5 Å². The molecule has 4 aromatic rings. The van der Waals surface area contributed by atoms with E-state index in [0.29, 0.717) is 29.0 Å². The van der Waals surface area contributed by atoms with Gasteiger partial charge in [-0.15, -0.1) is 0 Å². The molecule has 0 bridgehead atoms. The third-order valence-corrected chi connectivity index (χ3v) is 5.02. The summed E-state index contributed by atoms with van der Waals surface area (Å²) < 4.78 is 11.8. The lowest BCUT2D eigenvalue weighted by Crippen LogP contribution is -2.32. The second-order valence-electron chi connectivity index (χ2n) is 7.38. The smallest absolute Gasteiger partial charge is 0.193 e. The largest absolute Gasteiger partial charge is 0.487 e. The van der Waals surface area contributed by atoms with E-state index in [1.165, 1.54) is 11.6 Å². The van der Waals surface area contributed by atoms with E-state index < -0.39 is 6.10 Å². The molecule has 1 unspecified atom stereocenters. The van der Waals surface area contributed by atoms with Gasteiger partial charge in [0.15, 0.2) is 16.8 Å². The van der Waals surface area contributed by atoms with Crippen molar-refractivity contribution in [3.05, 3.63) is 101 Å². The zero-order chi connectivity index (χ0) is 21.5. The Hall–Kier alpha value is -3.41. The number of fused-ring (bicyclic) bond motifs is 1. The van der Waals surface area contributed by atoms with Crippen molar-refractivity contribution in [1.82, 2.24) is 5.32 Å². The number of aliphatic hydroxyl groups excluding tert-OH is 1. The highest BCUT2D eigenvalue weighted by molar-refractivity contribution is 5.84. The molecule has 0 saturated heterocycles. The van der Waals surface area contributed by atoms with Gasteiger partial charge < -0.3 is 19.6 Å². The van der Waals surface area contributed by atoms with Gasteiger partial charge in [0.2, 0.25) is 0 Å².